The molecule has 0 radical (unpaired) electrons. The zero-order valence-corrected chi connectivity index (χ0v) is 14.3. The maximum Gasteiger partial charge on any atom is 0.251 e. The molecule has 0 bridgehead atoms. The summed E-state index contributed by atoms with van der Waals surface area (Å²) in [5.41, 5.74) is 1.56. The summed E-state index contributed by atoms with van der Waals surface area (Å²) in [6, 6.07) is 12.9. The van der Waals surface area contributed by atoms with Crippen LogP contribution in [0.5, 0.6) is 11.5 Å². The highest BCUT2D eigenvalue weighted by molar-refractivity contribution is 9.10. The molecule has 0 aromatic heterocycles. The van der Waals surface area contributed by atoms with Crippen molar-refractivity contribution in [2.45, 2.75) is 13.0 Å². The number of hydrogen-bond donors (Lipinski definition) is 1. The van der Waals surface area contributed by atoms with E-state index in [9.17, 15) is 4.79 Å². The molecule has 2 aromatic rings. The van der Waals surface area contributed by atoms with Gasteiger partial charge in [-0.15, -0.1) is 0 Å². The lowest BCUT2D eigenvalue weighted by Gasteiger charge is -2.15. The molecule has 5 heteroatoms. The Hall–Kier alpha value is -2.01. The largest absolute Gasteiger partial charge is 0.493 e. The molecule has 1 amide bonds. The number of benzene rings is 2. The number of nitrogens with one attached hydrogen (secondary N) is 1. The molecule has 0 fully saturated rings. The van der Waals surface area contributed by atoms with Gasteiger partial charge < -0.3 is 14.8 Å². The summed E-state index contributed by atoms with van der Waals surface area (Å²) >= 11 is 3.43. The van der Waals surface area contributed by atoms with E-state index in [1.54, 1.807) is 32.4 Å². The zero-order valence-electron chi connectivity index (χ0n) is 12.7. The van der Waals surface area contributed by atoms with Crippen LogP contribution < -0.4 is 14.8 Å². The monoisotopic (exact) mass is 363 g/mol. The summed E-state index contributed by atoms with van der Waals surface area (Å²) in [6.07, 6.45) is 0. The minimum atomic E-state index is -0.159. The van der Waals surface area contributed by atoms with Gasteiger partial charge in [0.2, 0.25) is 0 Å². The van der Waals surface area contributed by atoms with Crippen LogP contribution in [0.3, 0.4) is 0 Å². The Morgan fingerprint density at radius 2 is 1.82 bits per heavy atom. The second-order valence-corrected chi connectivity index (χ2v) is 5.74. The Morgan fingerprint density at radius 1 is 1.09 bits per heavy atom. The van der Waals surface area contributed by atoms with Crippen LogP contribution in [0.15, 0.2) is 46.9 Å². The van der Waals surface area contributed by atoms with Crippen molar-refractivity contribution >= 4 is 21.8 Å². The molecule has 0 aliphatic rings. The van der Waals surface area contributed by atoms with E-state index >= 15 is 0 Å². The second-order valence-electron chi connectivity index (χ2n) is 4.82. The van der Waals surface area contributed by atoms with Crippen LogP contribution >= 0.6 is 15.9 Å². The third-order valence-electron chi connectivity index (χ3n) is 3.34. The number of carbonyl (C=O) groups excluding carboxylic acids is 1. The molecular formula is C17H18BrNO3. The summed E-state index contributed by atoms with van der Waals surface area (Å²) in [4.78, 5) is 12.4. The van der Waals surface area contributed by atoms with Crippen LogP contribution in [-0.4, -0.2) is 20.1 Å². The van der Waals surface area contributed by atoms with Crippen molar-refractivity contribution in [3.63, 3.8) is 0 Å². The number of ether oxygens (including phenoxy) is 2. The summed E-state index contributed by atoms with van der Waals surface area (Å²) in [6.45, 7) is 1.94. The van der Waals surface area contributed by atoms with Crippen LogP contribution in [0.25, 0.3) is 0 Å². The standard InChI is InChI=1S/C17H18BrNO3/c1-11(12-5-4-6-14(18)9-12)19-17(20)13-7-8-15(21-2)16(10-13)22-3/h4-11H,1-3H3,(H,19,20)/t11-/m0/s1. The van der Waals surface area contributed by atoms with Gasteiger partial charge in [-0.3, -0.25) is 4.79 Å². The lowest BCUT2D eigenvalue weighted by Crippen LogP contribution is -2.26. The quantitative estimate of drug-likeness (QED) is 0.874. The van der Waals surface area contributed by atoms with Gasteiger partial charge in [0.1, 0.15) is 0 Å². The molecule has 0 aliphatic carbocycles. The SMILES string of the molecule is COc1ccc(C(=O)N[C@@H](C)c2cccc(Br)c2)cc1OC. The van der Waals surface area contributed by atoms with E-state index in [1.807, 2.05) is 31.2 Å². The van der Waals surface area contributed by atoms with Crippen molar-refractivity contribution in [2.24, 2.45) is 0 Å². The first kappa shape index (κ1) is 16.4. The number of methoxy groups -OCH3 is 2. The Labute approximate surface area is 138 Å². The first-order valence-corrected chi connectivity index (χ1v) is 7.62. The van der Waals surface area contributed by atoms with E-state index in [0.717, 1.165) is 10.0 Å². The lowest BCUT2D eigenvalue weighted by atomic mass is 10.1. The maximum atomic E-state index is 12.4. The summed E-state index contributed by atoms with van der Waals surface area (Å²) in [5.74, 6) is 0.970. The highest BCUT2D eigenvalue weighted by Gasteiger charge is 2.14. The van der Waals surface area contributed by atoms with E-state index < -0.39 is 0 Å². The van der Waals surface area contributed by atoms with Gasteiger partial charge in [0.15, 0.2) is 11.5 Å². The predicted molar refractivity (Wildman–Crippen MR) is 89.6 cm³/mol. The predicted octanol–water partition coefficient (Wildman–Crippen LogP) is 3.96. The molecule has 2 rings (SSSR count). The third kappa shape index (κ3) is 3.80. The molecule has 116 valence electrons. The molecular weight excluding hydrogens is 346 g/mol. The fraction of sp³-hybridized carbons (Fsp3) is 0.235. The molecule has 22 heavy (non-hydrogen) atoms. The number of halogens is 1. The highest BCUT2D eigenvalue weighted by Crippen LogP contribution is 2.27. The van der Waals surface area contributed by atoms with Crippen LogP contribution in [0, 0.1) is 0 Å². The van der Waals surface area contributed by atoms with Gasteiger partial charge in [-0.05, 0) is 42.8 Å². The Bertz CT molecular complexity index is 673. The number of carbonyl (C=O) groups is 1. The van der Waals surface area contributed by atoms with Crippen molar-refractivity contribution in [3.8, 4) is 11.5 Å². The Balaban J connectivity index is 2.15. The van der Waals surface area contributed by atoms with Gasteiger partial charge in [-0.2, -0.15) is 0 Å². The highest BCUT2D eigenvalue weighted by atomic mass is 79.9. The summed E-state index contributed by atoms with van der Waals surface area (Å²) < 4.78 is 11.4. The molecule has 0 spiro atoms. The van der Waals surface area contributed by atoms with Gasteiger partial charge in [-0.1, -0.05) is 28.1 Å². The van der Waals surface area contributed by atoms with Gasteiger partial charge >= 0.3 is 0 Å². The fourth-order valence-corrected chi connectivity index (χ4v) is 2.53. The smallest absolute Gasteiger partial charge is 0.251 e. The second kappa shape index (κ2) is 7.31. The average Bonchev–Trinajstić information content (AvgIpc) is 2.54. The molecule has 0 unspecified atom stereocenters. The van der Waals surface area contributed by atoms with Crippen molar-refractivity contribution in [1.82, 2.24) is 5.32 Å². The van der Waals surface area contributed by atoms with Crippen LogP contribution in [0.2, 0.25) is 0 Å². The van der Waals surface area contributed by atoms with Crippen molar-refractivity contribution < 1.29 is 14.3 Å². The van der Waals surface area contributed by atoms with Crippen LogP contribution in [0.4, 0.5) is 0 Å². The Kier molecular flexibility index (Phi) is 5.44. The van der Waals surface area contributed by atoms with Gasteiger partial charge in [0.25, 0.3) is 5.91 Å². The van der Waals surface area contributed by atoms with E-state index in [0.29, 0.717) is 17.1 Å². The molecule has 0 saturated heterocycles. The molecule has 0 aliphatic heterocycles. The van der Waals surface area contributed by atoms with Crippen LogP contribution in [-0.2, 0) is 0 Å². The average molecular weight is 364 g/mol. The van der Waals surface area contributed by atoms with E-state index in [1.165, 1.54) is 0 Å². The van der Waals surface area contributed by atoms with Crippen molar-refractivity contribution in [3.05, 3.63) is 58.1 Å². The maximum absolute atomic E-state index is 12.4. The minimum absolute atomic E-state index is 0.0990. The minimum Gasteiger partial charge on any atom is -0.493 e. The van der Waals surface area contributed by atoms with Gasteiger partial charge in [0.05, 0.1) is 20.3 Å². The van der Waals surface area contributed by atoms with Crippen LogP contribution in [0.1, 0.15) is 28.9 Å². The normalized spacial score (nSPS) is 11.6. The van der Waals surface area contributed by atoms with E-state index in [-0.39, 0.29) is 11.9 Å². The number of amides is 1. The molecule has 0 saturated carbocycles. The van der Waals surface area contributed by atoms with Crippen molar-refractivity contribution in [2.75, 3.05) is 14.2 Å². The first-order chi connectivity index (χ1) is 10.5. The third-order valence-corrected chi connectivity index (χ3v) is 3.84. The van der Waals surface area contributed by atoms with E-state index in [2.05, 4.69) is 21.2 Å². The molecule has 2 aromatic carbocycles. The topological polar surface area (TPSA) is 47.6 Å². The van der Waals surface area contributed by atoms with Gasteiger partial charge in [-0.25, -0.2) is 0 Å². The summed E-state index contributed by atoms with van der Waals surface area (Å²) in [5, 5.41) is 2.97. The Morgan fingerprint density at radius 3 is 2.45 bits per heavy atom. The van der Waals surface area contributed by atoms with E-state index in [4.69, 9.17) is 9.47 Å². The lowest BCUT2D eigenvalue weighted by molar-refractivity contribution is 0.0939. The zero-order chi connectivity index (χ0) is 16.1. The van der Waals surface area contributed by atoms with Gasteiger partial charge in [0, 0.05) is 10.0 Å². The molecule has 1 N–H and O–H groups in total. The molecule has 4 nitrogen and oxygen atoms in total. The fourth-order valence-electron chi connectivity index (χ4n) is 2.12. The number of hydrogen-bond acceptors (Lipinski definition) is 3. The summed E-state index contributed by atoms with van der Waals surface area (Å²) in [7, 11) is 3.11. The molecule has 0 heterocycles. The first-order valence-electron chi connectivity index (χ1n) is 6.83. The molecule has 1 atom stereocenters. The number of rotatable bonds is 5. The van der Waals surface area contributed by atoms with Crippen molar-refractivity contribution in [1.29, 1.82) is 0 Å².